The van der Waals surface area contributed by atoms with Gasteiger partial charge in [-0.25, -0.2) is 14.6 Å². The van der Waals surface area contributed by atoms with Crippen molar-refractivity contribution >= 4 is 40.8 Å². The van der Waals surface area contributed by atoms with Gasteiger partial charge in [0.2, 0.25) is 5.91 Å². The molecule has 41 heavy (non-hydrogen) atoms. The molecule has 3 amide bonds. The molecule has 0 saturated heterocycles. The van der Waals surface area contributed by atoms with Gasteiger partial charge in [-0.05, 0) is 31.0 Å². The van der Waals surface area contributed by atoms with E-state index in [1.807, 2.05) is 45.0 Å². The number of nitrogens with zero attached hydrogens (tertiary/aromatic N) is 3. The Morgan fingerprint density at radius 3 is 2.44 bits per heavy atom. The van der Waals surface area contributed by atoms with E-state index in [0.29, 0.717) is 17.1 Å². The standard InChI is InChI=1S/C31H38N4O6/c1-31(2,3)26(36)18-34-25-16-9-8-15-24(25)29(21-11-6-5-7-12-21)33-35(30(34)39)19-27(37)32-22-13-10-14-23(17-22)41-20-28(38)40-4/h8-10,13-17,21H,5-7,11-12,18-20H2,1-4H3,(H,32,37). The van der Waals surface area contributed by atoms with E-state index in [1.54, 1.807) is 24.3 Å². The van der Waals surface area contributed by atoms with Crippen molar-refractivity contribution in [3.8, 4) is 5.75 Å². The summed E-state index contributed by atoms with van der Waals surface area (Å²) >= 11 is 0. The van der Waals surface area contributed by atoms with Gasteiger partial charge in [-0.1, -0.05) is 64.3 Å². The maximum Gasteiger partial charge on any atom is 0.345 e. The topological polar surface area (TPSA) is 118 Å². The number of nitrogens with one attached hydrogen (secondary N) is 1. The molecule has 2 aromatic carbocycles. The Morgan fingerprint density at radius 1 is 1.00 bits per heavy atom. The largest absolute Gasteiger partial charge is 0.482 e. The van der Waals surface area contributed by atoms with Crippen LogP contribution in [-0.4, -0.2) is 61.2 Å². The number of esters is 1. The first-order chi connectivity index (χ1) is 19.6. The highest BCUT2D eigenvalue weighted by Gasteiger charge is 2.36. The number of benzene rings is 2. The van der Waals surface area contributed by atoms with Gasteiger partial charge in [0.05, 0.1) is 25.1 Å². The number of fused-ring (bicyclic) bond motifs is 1. The molecule has 2 aliphatic rings. The van der Waals surface area contributed by atoms with E-state index >= 15 is 0 Å². The van der Waals surface area contributed by atoms with Crippen LogP contribution in [0.3, 0.4) is 0 Å². The second kappa shape index (κ2) is 13.0. The SMILES string of the molecule is COC(=O)COc1cccc(NC(=O)CN2N=C(C3CCCCC3)c3ccccc3N(CC(=O)C(C)(C)C)C2=O)c1. The zero-order valence-electron chi connectivity index (χ0n) is 24.1. The summed E-state index contributed by atoms with van der Waals surface area (Å²) in [5.41, 5.74) is 1.98. The minimum atomic E-state index is -0.655. The molecule has 218 valence electrons. The highest BCUT2D eigenvalue weighted by atomic mass is 16.6. The number of hydrogen-bond acceptors (Lipinski definition) is 7. The second-order valence-corrected chi connectivity index (χ2v) is 11.4. The molecular formula is C31H38N4O6. The molecule has 1 aliphatic carbocycles. The quantitative estimate of drug-likeness (QED) is 0.429. The molecule has 1 heterocycles. The molecule has 10 nitrogen and oxygen atoms in total. The molecule has 0 spiro atoms. The number of urea groups is 1. The monoisotopic (exact) mass is 562 g/mol. The van der Waals surface area contributed by atoms with E-state index in [0.717, 1.165) is 43.4 Å². The maximum atomic E-state index is 14.0. The Bertz CT molecular complexity index is 1330. The summed E-state index contributed by atoms with van der Waals surface area (Å²) in [6, 6.07) is 13.6. The molecule has 0 radical (unpaired) electrons. The summed E-state index contributed by atoms with van der Waals surface area (Å²) in [7, 11) is 1.27. The third-order valence-corrected chi connectivity index (χ3v) is 7.28. The predicted octanol–water partition coefficient (Wildman–Crippen LogP) is 5.02. The fraction of sp³-hybridized carbons (Fsp3) is 0.452. The van der Waals surface area contributed by atoms with Gasteiger partial charge in [0, 0.05) is 28.7 Å². The third-order valence-electron chi connectivity index (χ3n) is 7.28. The van der Waals surface area contributed by atoms with Crippen molar-refractivity contribution in [1.82, 2.24) is 5.01 Å². The van der Waals surface area contributed by atoms with Crippen LogP contribution in [0.15, 0.2) is 53.6 Å². The number of carbonyl (C=O) groups excluding carboxylic acids is 4. The fourth-order valence-electron chi connectivity index (χ4n) is 4.91. The molecular weight excluding hydrogens is 524 g/mol. The van der Waals surface area contributed by atoms with Crippen LogP contribution in [0.1, 0.15) is 58.4 Å². The molecule has 1 fully saturated rings. The number of carbonyl (C=O) groups is 4. The lowest BCUT2D eigenvalue weighted by atomic mass is 9.83. The number of anilines is 2. The molecule has 1 saturated carbocycles. The number of hydrogen-bond donors (Lipinski definition) is 1. The van der Waals surface area contributed by atoms with Crippen LogP contribution >= 0.6 is 0 Å². The minimum absolute atomic E-state index is 0.102. The van der Waals surface area contributed by atoms with Gasteiger partial charge in [-0.3, -0.25) is 14.5 Å². The molecule has 1 N–H and O–H groups in total. The third kappa shape index (κ3) is 7.50. The second-order valence-electron chi connectivity index (χ2n) is 11.4. The molecule has 0 aromatic heterocycles. The van der Waals surface area contributed by atoms with E-state index in [9.17, 15) is 19.2 Å². The lowest BCUT2D eigenvalue weighted by Gasteiger charge is -2.28. The summed E-state index contributed by atoms with van der Waals surface area (Å²) < 4.78 is 10.00. The van der Waals surface area contributed by atoms with E-state index < -0.39 is 23.3 Å². The van der Waals surface area contributed by atoms with Gasteiger partial charge in [0.1, 0.15) is 12.3 Å². The number of Topliss-reactive ketones (excluding diaryl/α,β-unsaturated/α-hetero) is 1. The first-order valence-electron chi connectivity index (χ1n) is 14.0. The van der Waals surface area contributed by atoms with Crippen molar-refractivity contribution < 1.29 is 28.7 Å². The minimum Gasteiger partial charge on any atom is -0.482 e. The number of para-hydroxylation sites is 1. The summed E-state index contributed by atoms with van der Waals surface area (Å²) in [6.45, 7) is 4.71. The van der Waals surface area contributed by atoms with Crippen molar-refractivity contribution in [2.45, 2.75) is 52.9 Å². The maximum absolute atomic E-state index is 14.0. The Morgan fingerprint density at radius 2 is 1.73 bits per heavy atom. The van der Waals surface area contributed by atoms with E-state index in [-0.39, 0.29) is 31.4 Å². The van der Waals surface area contributed by atoms with Crippen molar-refractivity contribution in [2.75, 3.05) is 37.0 Å². The predicted molar refractivity (Wildman–Crippen MR) is 156 cm³/mol. The Balaban J connectivity index is 1.62. The number of methoxy groups -OCH3 is 1. The number of rotatable bonds is 9. The van der Waals surface area contributed by atoms with Crippen LogP contribution in [0.5, 0.6) is 5.75 Å². The molecule has 0 unspecified atom stereocenters. The zero-order chi connectivity index (χ0) is 29.6. The Labute approximate surface area is 240 Å². The Hall–Kier alpha value is -4.21. The van der Waals surface area contributed by atoms with Crippen LogP contribution in [0.4, 0.5) is 16.2 Å². The van der Waals surface area contributed by atoms with Gasteiger partial charge >= 0.3 is 12.0 Å². The van der Waals surface area contributed by atoms with Crippen molar-refractivity contribution in [2.24, 2.45) is 16.4 Å². The average molecular weight is 563 g/mol. The van der Waals surface area contributed by atoms with Crippen LogP contribution in [0, 0.1) is 11.3 Å². The first-order valence-corrected chi connectivity index (χ1v) is 14.0. The summed E-state index contributed by atoms with van der Waals surface area (Å²) in [5.74, 6) is -0.580. The summed E-state index contributed by atoms with van der Waals surface area (Å²) in [4.78, 5) is 53.2. The average Bonchev–Trinajstić information content (AvgIpc) is 3.06. The van der Waals surface area contributed by atoms with Gasteiger partial charge < -0.3 is 14.8 Å². The molecule has 0 atom stereocenters. The summed E-state index contributed by atoms with van der Waals surface area (Å²) in [6.07, 6.45) is 5.19. The van der Waals surface area contributed by atoms with Gasteiger partial charge in [0.15, 0.2) is 12.4 Å². The van der Waals surface area contributed by atoms with Crippen LogP contribution < -0.4 is 15.0 Å². The van der Waals surface area contributed by atoms with Gasteiger partial charge in [-0.15, -0.1) is 0 Å². The van der Waals surface area contributed by atoms with Crippen LogP contribution in [-0.2, 0) is 19.1 Å². The number of ether oxygens (including phenoxy) is 2. The van der Waals surface area contributed by atoms with E-state index in [1.165, 1.54) is 17.0 Å². The van der Waals surface area contributed by atoms with Gasteiger partial charge in [0.25, 0.3) is 0 Å². The number of hydrazone groups is 1. The van der Waals surface area contributed by atoms with Gasteiger partial charge in [-0.2, -0.15) is 5.10 Å². The molecule has 2 aromatic rings. The van der Waals surface area contributed by atoms with Crippen molar-refractivity contribution in [3.05, 3.63) is 54.1 Å². The molecule has 0 bridgehead atoms. The normalized spacial score (nSPS) is 15.9. The van der Waals surface area contributed by atoms with E-state index in [2.05, 4.69) is 10.1 Å². The van der Waals surface area contributed by atoms with Crippen molar-refractivity contribution in [1.29, 1.82) is 0 Å². The smallest absolute Gasteiger partial charge is 0.345 e. The lowest BCUT2D eigenvalue weighted by molar-refractivity contribution is -0.143. The highest BCUT2D eigenvalue weighted by Crippen LogP contribution is 2.34. The number of ketones is 1. The lowest BCUT2D eigenvalue weighted by Crippen LogP contribution is -2.47. The highest BCUT2D eigenvalue weighted by molar-refractivity contribution is 6.13. The molecule has 1 aliphatic heterocycles. The Kier molecular flexibility index (Phi) is 9.42. The van der Waals surface area contributed by atoms with Crippen LogP contribution in [0.2, 0.25) is 0 Å². The van der Waals surface area contributed by atoms with Crippen molar-refractivity contribution in [3.63, 3.8) is 0 Å². The zero-order valence-corrected chi connectivity index (χ0v) is 24.1. The number of amides is 3. The first kappa shape index (κ1) is 29.8. The molecule has 4 rings (SSSR count). The molecule has 10 heteroatoms. The van der Waals surface area contributed by atoms with E-state index in [4.69, 9.17) is 9.84 Å². The van der Waals surface area contributed by atoms with Crippen LogP contribution in [0.25, 0.3) is 0 Å². The summed E-state index contributed by atoms with van der Waals surface area (Å²) in [5, 5.41) is 8.77. The fourth-order valence-corrected chi connectivity index (χ4v) is 4.91.